The molecular formula is C28H37N. The number of nitrogens with zero attached hydrogens (tertiary/aromatic N) is 1. The van der Waals surface area contributed by atoms with Crippen molar-refractivity contribution in [3.05, 3.63) is 94.5 Å². The highest BCUT2D eigenvalue weighted by atomic mass is 15.1. The lowest BCUT2D eigenvalue weighted by Gasteiger charge is -2.17. The minimum absolute atomic E-state index is 1.08. The Morgan fingerprint density at radius 2 is 1.34 bits per heavy atom. The van der Waals surface area contributed by atoms with Crippen molar-refractivity contribution in [2.75, 3.05) is 13.1 Å². The molecule has 3 aromatic carbocycles. The molecule has 0 saturated heterocycles. The molecule has 0 aliphatic heterocycles. The zero-order chi connectivity index (χ0) is 21.2. The largest absolute Gasteiger partial charge is 0.300 e. The zero-order valence-corrected chi connectivity index (χ0v) is 19.1. The summed E-state index contributed by atoms with van der Waals surface area (Å²) >= 11 is 0. The maximum absolute atomic E-state index is 2.42. The van der Waals surface area contributed by atoms with E-state index >= 15 is 0 Å². The second-order valence-corrected chi connectivity index (χ2v) is 7.38. The summed E-state index contributed by atoms with van der Waals surface area (Å²) in [5, 5.41) is 0. The Balaban J connectivity index is 0.000000192. The summed E-state index contributed by atoms with van der Waals surface area (Å²) in [5.74, 6) is 0. The van der Waals surface area contributed by atoms with Gasteiger partial charge in [0.1, 0.15) is 0 Å². The van der Waals surface area contributed by atoms with Gasteiger partial charge in [0.25, 0.3) is 0 Å². The van der Waals surface area contributed by atoms with Crippen LogP contribution in [0.25, 0.3) is 11.1 Å². The van der Waals surface area contributed by atoms with Crippen LogP contribution in [0.15, 0.2) is 66.7 Å². The lowest BCUT2D eigenvalue weighted by Crippen LogP contribution is -2.21. The Morgan fingerprint density at radius 3 is 2.00 bits per heavy atom. The van der Waals surface area contributed by atoms with Crippen molar-refractivity contribution in [2.24, 2.45) is 0 Å². The van der Waals surface area contributed by atoms with Crippen molar-refractivity contribution in [1.29, 1.82) is 0 Å². The fraction of sp³-hybridized carbons (Fsp3) is 0.357. The molecule has 154 valence electrons. The third-order valence-corrected chi connectivity index (χ3v) is 5.51. The van der Waals surface area contributed by atoms with Crippen LogP contribution in [0.3, 0.4) is 0 Å². The van der Waals surface area contributed by atoms with E-state index in [1.54, 1.807) is 0 Å². The molecule has 0 amide bonds. The molecule has 1 nitrogen and oxygen atoms in total. The SMILES string of the molecule is CC.CCN(CC)Cc1ccc(C)cc1.Cc1cccc2c1Cc1ccccc1-2. The predicted molar refractivity (Wildman–Crippen MR) is 129 cm³/mol. The van der Waals surface area contributed by atoms with Gasteiger partial charge in [0, 0.05) is 6.54 Å². The Kier molecular flexibility index (Phi) is 9.15. The third kappa shape index (κ3) is 6.05. The van der Waals surface area contributed by atoms with Crippen molar-refractivity contribution in [3.8, 4) is 11.1 Å². The molecule has 3 aromatic rings. The number of rotatable bonds is 4. The summed E-state index contributed by atoms with van der Waals surface area (Å²) in [4.78, 5) is 2.42. The van der Waals surface area contributed by atoms with Crippen molar-refractivity contribution < 1.29 is 0 Å². The van der Waals surface area contributed by atoms with Crippen molar-refractivity contribution in [1.82, 2.24) is 4.90 Å². The van der Waals surface area contributed by atoms with Crippen molar-refractivity contribution in [3.63, 3.8) is 0 Å². The minimum Gasteiger partial charge on any atom is -0.300 e. The van der Waals surface area contributed by atoms with Crippen LogP contribution >= 0.6 is 0 Å². The molecule has 29 heavy (non-hydrogen) atoms. The van der Waals surface area contributed by atoms with Crippen LogP contribution in [-0.2, 0) is 13.0 Å². The summed E-state index contributed by atoms with van der Waals surface area (Å²) in [6.07, 6.45) is 1.11. The topological polar surface area (TPSA) is 3.24 Å². The van der Waals surface area contributed by atoms with Crippen LogP contribution in [0.4, 0.5) is 0 Å². The fourth-order valence-electron chi connectivity index (χ4n) is 3.72. The number of hydrogen-bond donors (Lipinski definition) is 0. The van der Waals surface area contributed by atoms with Gasteiger partial charge in [-0.05, 0) is 66.7 Å². The maximum atomic E-state index is 2.42. The highest BCUT2D eigenvalue weighted by molar-refractivity contribution is 5.77. The van der Waals surface area contributed by atoms with Gasteiger partial charge in [-0.3, -0.25) is 4.90 Å². The van der Waals surface area contributed by atoms with Crippen LogP contribution in [0, 0.1) is 13.8 Å². The Morgan fingerprint density at radius 1 is 0.724 bits per heavy atom. The first kappa shape index (κ1) is 22.9. The van der Waals surface area contributed by atoms with Gasteiger partial charge >= 0.3 is 0 Å². The Labute approximate surface area is 178 Å². The summed E-state index contributed by atoms with van der Waals surface area (Å²) in [5.41, 5.74) is 9.99. The molecule has 0 heterocycles. The first-order valence-electron chi connectivity index (χ1n) is 11.1. The van der Waals surface area contributed by atoms with E-state index in [2.05, 4.69) is 99.3 Å². The van der Waals surface area contributed by atoms with Gasteiger partial charge in [0.2, 0.25) is 0 Å². The summed E-state index contributed by atoms with van der Waals surface area (Å²) < 4.78 is 0. The second-order valence-electron chi connectivity index (χ2n) is 7.38. The molecule has 0 N–H and O–H groups in total. The standard InChI is InChI=1S/C14H12.C12H19N.C2H6/c1-10-5-4-8-13-12-7-3-2-6-11(12)9-14(10)13;1-4-13(5-2)10-12-8-6-11(3)7-9-12;1-2/h2-8H,9H2,1H3;6-9H,4-5,10H2,1-3H3;1-2H3. The smallest absolute Gasteiger partial charge is 0.0233 e. The average Bonchev–Trinajstić information content (AvgIpc) is 3.16. The molecule has 0 saturated carbocycles. The fourth-order valence-corrected chi connectivity index (χ4v) is 3.72. The van der Waals surface area contributed by atoms with Gasteiger partial charge < -0.3 is 0 Å². The normalized spacial score (nSPS) is 11.0. The number of aryl methyl sites for hydroxylation is 2. The van der Waals surface area contributed by atoms with Crippen LogP contribution < -0.4 is 0 Å². The van der Waals surface area contributed by atoms with Gasteiger partial charge in [-0.2, -0.15) is 0 Å². The number of fused-ring (bicyclic) bond motifs is 3. The van der Waals surface area contributed by atoms with Crippen molar-refractivity contribution >= 4 is 0 Å². The molecule has 0 bridgehead atoms. The molecule has 0 radical (unpaired) electrons. The molecule has 0 spiro atoms. The van der Waals surface area contributed by atoms with Crippen molar-refractivity contribution in [2.45, 2.75) is 54.5 Å². The quantitative estimate of drug-likeness (QED) is 0.352. The monoisotopic (exact) mass is 387 g/mol. The van der Waals surface area contributed by atoms with Gasteiger partial charge in [-0.1, -0.05) is 100.0 Å². The van der Waals surface area contributed by atoms with Gasteiger partial charge in [0.15, 0.2) is 0 Å². The van der Waals surface area contributed by atoms with E-state index < -0.39 is 0 Å². The van der Waals surface area contributed by atoms with Crippen LogP contribution in [0.2, 0.25) is 0 Å². The summed E-state index contributed by atoms with van der Waals surface area (Å²) in [6, 6.07) is 24.1. The number of benzene rings is 3. The molecule has 4 rings (SSSR count). The summed E-state index contributed by atoms with van der Waals surface area (Å²) in [6.45, 7) is 16.1. The second kappa shape index (κ2) is 11.6. The molecule has 0 aromatic heterocycles. The third-order valence-electron chi connectivity index (χ3n) is 5.51. The number of hydrogen-bond acceptors (Lipinski definition) is 1. The molecule has 1 aliphatic rings. The Hall–Kier alpha value is -2.38. The van der Waals surface area contributed by atoms with Gasteiger partial charge in [0.05, 0.1) is 0 Å². The first-order valence-corrected chi connectivity index (χ1v) is 11.1. The van der Waals surface area contributed by atoms with E-state index in [1.807, 2.05) is 13.8 Å². The lowest BCUT2D eigenvalue weighted by atomic mass is 10.0. The molecule has 0 atom stereocenters. The Bertz CT molecular complexity index is 873. The lowest BCUT2D eigenvalue weighted by molar-refractivity contribution is 0.296. The van der Waals surface area contributed by atoms with E-state index in [-0.39, 0.29) is 0 Å². The van der Waals surface area contributed by atoms with E-state index in [0.29, 0.717) is 0 Å². The summed E-state index contributed by atoms with van der Waals surface area (Å²) in [7, 11) is 0. The predicted octanol–water partition coefficient (Wildman–Crippen LogP) is 7.43. The van der Waals surface area contributed by atoms with E-state index in [1.165, 1.54) is 38.9 Å². The first-order chi connectivity index (χ1) is 14.1. The zero-order valence-electron chi connectivity index (χ0n) is 19.1. The van der Waals surface area contributed by atoms with Gasteiger partial charge in [-0.25, -0.2) is 0 Å². The minimum atomic E-state index is 1.08. The molecule has 0 fully saturated rings. The van der Waals surface area contributed by atoms with E-state index in [0.717, 1.165) is 26.1 Å². The van der Waals surface area contributed by atoms with Crippen LogP contribution in [-0.4, -0.2) is 18.0 Å². The maximum Gasteiger partial charge on any atom is 0.0233 e. The van der Waals surface area contributed by atoms with Crippen LogP contribution in [0.1, 0.15) is 55.5 Å². The molecule has 1 heteroatoms. The van der Waals surface area contributed by atoms with Gasteiger partial charge in [-0.15, -0.1) is 0 Å². The van der Waals surface area contributed by atoms with E-state index in [4.69, 9.17) is 0 Å². The molecular weight excluding hydrogens is 350 g/mol. The highest BCUT2D eigenvalue weighted by Crippen LogP contribution is 2.37. The molecule has 0 unspecified atom stereocenters. The average molecular weight is 388 g/mol. The molecule has 1 aliphatic carbocycles. The highest BCUT2D eigenvalue weighted by Gasteiger charge is 2.18. The van der Waals surface area contributed by atoms with E-state index in [9.17, 15) is 0 Å². The van der Waals surface area contributed by atoms with Crippen LogP contribution in [0.5, 0.6) is 0 Å².